The van der Waals surface area contributed by atoms with Crippen molar-refractivity contribution in [1.29, 1.82) is 0 Å². The number of benzene rings is 1. The topological polar surface area (TPSA) is 35.2 Å². The van der Waals surface area contributed by atoms with Crippen LogP contribution in [0.25, 0.3) is 0 Å². The van der Waals surface area contributed by atoms with E-state index in [1.165, 1.54) is 6.07 Å². The van der Waals surface area contributed by atoms with Gasteiger partial charge in [-0.2, -0.15) is 12.6 Å². The Bertz CT molecular complexity index is 314. The molecule has 0 spiro atoms. The summed E-state index contributed by atoms with van der Waals surface area (Å²) in [6, 6.07) is 6.58. The standard InChI is InChI=1S/C12H18FNOS.ClH/c13-11-6-1-2-7-12(11)15-8-4-3-5-10(14)9-16;/h1-2,6-7,10,16H,3-5,8-9,14H2;1H/t10-;/m0./s1. The highest BCUT2D eigenvalue weighted by Gasteiger charge is 2.02. The molecule has 1 aromatic rings. The highest BCUT2D eigenvalue weighted by atomic mass is 35.5. The van der Waals surface area contributed by atoms with Gasteiger partial charge >= 0.3 is 0 Å². The Hall–Kier alpha value is -0.450. The van der Waals surface area contributed by atoms with E-state index in [0.29, 0.717) is 18.1 Å². The summed E-state index contributed by atoms with van der Waals surface area (Å²) in [6.07, 6.45) is 2.80. The molecule has 0 aromatic heterocycles. The molecular formula is C12H19ClFNOS. The largest absolute Gasteiger partial charge is 0.491 e. The molecule has 0 fully saturated rings. The van der Waals surface area contributed by atoms with Crippen LogP contribution in [0.5, 0.6) is 5.75 Å². The van der Waals surface area contributed by atoms with Gasteiger partial charge in [-0.05, 0) is 31.4 Å². The number of para-hydroxylation sites is 1. The molecule has 98 valence electrons. The molecule has 1 atom stereocenters. The second kappa shape index (κ2) is 9.57. The summed E-state index contributed by atoms with van der Waals surface area (Å²) in [6.45, 7) is 0.528. The highest BCUT2D eigenvalue weighted by molar-refractivity contribution is 7.80. The predicted molar refractivity (Wildman–Crippen MR) is 74.8 cm³/mol. The summed E-state index contributed by atoms with van der Waals surface area (Å²) in [4.78, 5) is 0. The van der Waals surface area contributed by atoms with Gasteiger partial charge < -0.3 is 10.5 Å². The van der Waals surface area contributed by atoms with Crippen LogP contribution in [0.2, 0.25) is 0 Å². The zero-order chi connectivity index (χ0) is 11.8. The molecule has 0 aliphatic carbocycles. The van der Waals surface area contributed by atoms with Gasteiger partial charge in [-0.3, -0.25) is 0 Å². The summed E-state index contributed by atoms with van der Waals surface area (Å²) in [5.41, 5.74) is 5.71. The molecule has 1 aromatic carbocycles. The monoisotopic (exact) mass is 279 g/mol. The van der Waals surface area contributed by atoms with Gasteiger partial charge in [0.05, 0.1) is 6.61 Å². The number of ether oxygens (including phenoxy) is 1. The van der Waals surface area contributed by atoms with E-state index in [-0.39, 0.29) is 24.3 Å². The molecule has 0 unspecified atom stereocenters. The van der Waals surface area contributed by atoms with E-state index in [0.717, 1.165) is 19.3 Å². The third-order valence-electron chi connectivity index (χ3n) is 2.30. The van der Waals surface area contributed by atoms with Crippen LogP contribution in [0.1, 0.15) is 19.3 Å². The lowest BCUT2D eigenvalue weighted by molar-refractivity contribution is 0.289. The van der Waals surface area contributed by atoms with Crippen LogP contribution in [0, 0.1) is 5.82 Å². The van der Waals surface area contributed by atoms with Gasteiger partial charge in [0.2, 0.25) is 0 Å². The second-order valence-electron chi connectivity index (χ2n) is 3.72. The van der Waals surface area contributed by atoms with Crippen LogP contribution in [0.3, 0.4) is 0 Å². The van der Waals surface area contributed by atoms with E-state index < -0.39 is 0 Å². The Morgan fingerprint density at radius 3 is 2.65 bits per heavy atom. The minimum Gasteiger partial charge on any atom is -0.491 e. The number of unbranched alkanes of at least 4 members (excludes halogenated alkanes) is 1. The molecule has 0 radical (unpaired) electrons. The molecule has 2 N–H and O–H groups in total. The molecule has 0 saturated heterocycles. The van der Waals surface area contributed by atoms with Crippen molar-refractivity contribution in [3.05, 3.63) is 30.1 Å². The van der Waals surface area contributed by atoms with Crippen molar-refractivity contribution < 1.29 is 9.13 Å². The normalized spacial score (nSPS) is 11.7. The predicted octanol–water partition coefficient (Wildman–Crippen LogP) is 3.05. The van der Waals surface area contributed by atoms with E-state index in [2.05, 4.69) is 12.6 Å². The van der Waals surface area contributed by atoms with E-state index in [1.807, 2.05) is 0 Å². The van der Waals surface area contributed by atoms with E-state index in [9.17, 15) is 4.39 Å². The Labute approximate surface area is 114 Å². The van der Waals surface area contributed by atoms with Gasteiger partial charge in [-0.15, -0.1) is 12.4 Å². The molecule has 0 amide bonds. The first-order valence-corrected chi connectivity index (χ1v) is 6.11. The SMILES string of the molecule is Cl.N[C@H](CS)CCCCOc1ccccc1F. The molecule has 1 rings (SSSR count). The van der Waals surface area contributed by atoms with Crippen molar-refractivity contribution in [2.45, 2.75) is 25.3 Å². The third kappa shape index (κ3) is 6.76. The smallest absolute Gasteiger partial charge is 0.165 e. The van der Waals surface area contributed by atoms with E-state index >= 15 is 0 Å². The lowest BCUT2D eigenvalue weighted by Gasteiger charge is -2.09. The maximum absolute atomic E-state index is 13.1. The fraction of sp³-hybridized carbons (Fsp3) is 0.500. The van der Waals surface area contributed by atoms with Crippen LogP contribution >= 0.6 is 25.0 Å². The van der Waals surface area contributed by atoms with Crippen molar-refractivity contribution in [3.8, 4) is 5.75 Å². The van der Waals surface area contributed by atoms with Crippen LogP contribution in [-0.4, -0.2) is 18.4 Å². The number of hydrogen-bond donors (Lipinski definition) is 2. The summed E-state index contributed by atoms with van der Waals surface area (Å²) >= 11 is 4.11. The molecule has 0 aliphatic rings. The molecule has 0 saturated carbocycles. The molecule has 5 heteroatoms. The first kappa shape index (κ1) is 16.6. The maximum Gasteiger partial charge on any atom is 0.165 e. The van der Waals surface area contributed by atoms with Gasteiger partial charge in [0.15, 0.2) is 11.6 Å². The molecule has 0 heterocycles. The number of thiol groups is 1. The van der Waals surface area contributed by atoms with Gasteiger partial charge in [0.1, 0.15) is 0 Å². The summed E-state index contributed by atoms with van der Waals surface area (Å²) in [5, 5.41) is 0. The van der Waals surface area contributed by atoms with Crippen LogP contribution < -0.4 is 10.5 Å². The van der Waals surface area contributed by atoms with E-state index in [1.54, 1.807) is 18.2 Å². The van der Waals surface area contributed by atoms with Crippen LogP contribution in [0.4, 0.5) is 4.39 Å². The quantitative estimate of drug-likeness (QED) is 0.594. The van der Waals surface area contributed by atoms with Crippen molar-refractivity contribution >= 4 is 25.0 Å². The first-order valence-electron chi connectivity index (χ1n) is 5.48. The number of hydrogen-bond acceptors (Lipinski definition) is 3. The first-order chi connectivity index (χ1) is 7.74. The van der Waals surface area contributed by atoms with Gasteiger partial charge in [-0.25, -0.2) is 4.39 Å². The minimum atomic E-state index is -0.311. The number of halogens is 2. The van der Waals surface area contributed by atoms with Crippen molar-refractivity contribution in [1.82, 2.24) is 0 Å². The zero-order valence-electron chi connectivity index (χ0n) is 9.64. The zero-order valence-corrected chi connectivity index (χ0v) is 11.4. The second-order valence-corrected chi connectivity index (χ2v) is 4.08. The Balaban J connectivity index is 0.00000256. The van der Waals surface area contributed by atoms with Crippen molar-refractivity contribution in [3.63, 3.8) is 0 Å². The molecule has 0 bridgehead atoms. The molecular weight excluding hydrogens is 261 g/mol. The number of nitrogens with two attached hydrogens (primary N) is 1. The lowest BCUT2D eigenvalue weighted by atomic mass is 10.1. The van der Waals surface area contributed by atoms with Crippen molar-refractivity contribution in [2.75, 3.05) is 12.4 Å². The van der Waals surface area contributed by atoms with Gasteiger partial charge in [-0.1, -0.05) is 12.1 Å². The Morgan fingerprint density at radius 1 is 1.29 bits per heavy atom. The fourth-order valence-corrected chi connectivity index (χ4v) is 1.53. The lowest BCUT2D eigenvalue weighted by Crippen LogP contribution is -2.21. The average molecular weight is 280 g/mol. The van der Waals surface area contributed by atoms with Gasteiger partial charge in [0, 0.05) is 11.8 Å². The Kier molecular flexibility index (Phi) is 9.31. The maximum atomic E-state index is 13.1. The van der Waals surface area contributed by atoms with Crippen LogP contribution in [-0.2, 0) is 0 Å². The molecule has 2 nitrogen and oxygen atoms in total. The summed E-state index contributed by atoms with van der Waals surface area (Å²) in [7, 11) is 0. The van der Waals surface area contributed by atoms with Gasteiger partial charge in [0.25, 0.3) is 0 Å². The summed E-state index contributed by atoms with van der Waals surface area (Å²) in [5.74, 6) is 0.712. The molecule has 17 heavy (non-hydrogen) atoms. The van der Waals surface area contributed by atoms with Crippen molar-refractivity contribution in [2.24, 2.45) is 5.73 Å². The average Bonchev–Trinajstić information content (AvgIpc) is 2.30. The Morgan fingerprint density at radius 2 is 2.00 bits per heavy atom. The molecule has 0 aliphatic heterocycles. The summed E-state index contributed by atoms with van der Waals surface area (Å²) < 4.78 is 18.4. The minimum absolute atomic E-state index is 0. The number of rotatable bonds is 7. The third-order valence-corrected chi connectivity index (χ3v) is 2.77. The highest BCUT2D eigenvalue weighted by Crippen LogP contribution is 2.15. The fourth-order valence-electron chi connectivity index (χ4n) is 1.34. The van der Waals surface area contributed by atoms with Crippen LogP contribution in [0.15, 0.2) is 24.3 Å². The van der Waals surface area contributed by atoms with E-state index in [4.69, 9.17) is 10.5 Å².